The smallest absolute Gasteiger partial charge is 0.256 e. The van der Waals surface area contributed by atoms with E-state index in [-0.39, 0.29) is 5.91 Å². The zero-order valence-corrected chi connectivity index (χ0v) is 16.0. The molecule has 0 radical (unpaired) electrons. The van der Waals surface area contributed by atoms with E-state index in [0.29, 0.717) is 5.56 Å². The third-order valence-electron chi connectivity index (χ3n) is 5.27. The Morgan fingerprint density at radius 2 is 1.81 bits per heavy atom. The van der Waals surface area contributed by atoms with Gasteiger partial charge in [-0.05, 0) is 56.4 Å². The van der Waals surface area contributed by atoms with Crippen LogP contribution in [0.5, 0.6) is 0 Å². The van der Waals surface area contributed by atoms with Crippen molar-refractivity contribution in [1.82, 2.24) is 9.88 Å². The van der Waals surface area contributed by atoms with Crippen molar-refractivity contribution in [2.24, 2.45) is 0 Å². The molecule has 1 amide bonds. The largest absolute Gasteiger partial charge is 0.340 e. The molecule has 138 valence electrons. The van der Waals surface area contributed by atoms with Crippen molar-refractivity contribution in [3.8, 4) is 0 Å². The minimum absolute atomic E-state index is 0.101. The highest BCUT2D eigenvalue weighted by Crippen LogP contribution is 2.30. The summed E-state index contributed by atoms with van der Waals surface area (Å²) in [7, 11) is 0. The van der Waals surface area contributed by atoms with Crippen LogP contribution < -0.4 is 5.32 Å². The number of nitrogens with zero attached hydrogens (tertiary/aromatic N) is 2. The van der Waals surface area contributed by atoms with E-state index >= 15 is 0 Å². The van der Waals surface area contributed by atoms with E-state index in [0.717, 1.165) is 53.8 Å². The third-order valence-corrected chi connectivity index (χ3v) is 5.27. The first kappa shape index (κ1) is 17.5. The van der Waals surface area contributed by atoms with Crippen LogP contribution in [0.2, 0.25) is 0 Å². The van der Waals surface area contributed by atoms with Crippen molar-refractivity contribution < 1.29 is 4.79 Å². The van der Waals surface area contributed by atoms with Crippen LogP contribution in [0.3, 0.4) is 0 Å². The molecule has 0 unspecified atom stereocenters. The third kappa shape index (κ3) is 3.52. The average molecular weight is 359 g/mol. The number of rotatable bonds is 3. The van der Waals surface area contributed by atoms with Gasteiger partial charge >= 0.3 is 0 Å². The Labute approximate surface area is 160 Å². The van der Waals surface area contributed by atoms with Gasteiger partial charge in [0.2, 0.25) is 0 Å². The number of likely N-dealkylation sites (tertiary alicyclic amines) is 1. The van der Waals surface area contributed by atoms with Crippen LogP contribution in [0.25, 0.3) is 10.8 Å². The Hall–Kier alpha value is -2.88. The number of pyridine rings is 1. The quantitative estimate of drug-likeness (QED) is 0.697. The molecule has 0 spiro atoms. The van der Waals surface area contributed by atoms with Gasteiger partial charge in [0, 0.05) is 35.7 Å². The maximum Gasteiger partial charge on any atom is 0.256 e. The van der Waals surface area contributed by atoms with E-state index in [4.69, 9.17) is 0 Å². The monoisotopic (exact) mass is 359 g/mol. The molecule has 1 aliphatic heterocycles. The molecule has 1 saturated heterocycles. The van der Waals surface area contributed by atoms with E-state index in [2.05, 4.69) is 42.3 Å². The lowest BCUT2D eigenvalue weighted by Gasteiger charge is -2.27. The summed E-state index contributed by atoms with van der Waals surface area (Å²) in [5.74, 6) is 0.887. The van der Waals surface area contributed by atoms with Gasteiger partial charge in [0.15, 0.2) is 0 Å². The molecule has 0 saturated carbocycles. The number of nitrogens with one attached hydrogen (secondary N) is 1. The Balaban J connectivity index is 1.77. The van der Waals surface area contributed by atoms with E-state index in [1.165, 1.54) is 12.0 Å². The van der Waals surface area contributed by atoms with Crippen LogP contribution >= 0.6 is 0 Å². The Bertz CT molecular complexity index is 990. The van der Waals surface area contributed by atoms with E-state index < -0.39 is 0 Å². The number of benzene rings is 2. The normalized spacial score (nSPS) is 14.4. The second-order valence-electron chi connectivity index (χ2n) is 7.37. The van der Waals surface area contributed by atoms with Crippen LogP contribution in [0.15, 0.2) is 48.7 Å². The minimum Gasteiger partial charge on any atom is -0.340 e. The summed E-state index contributed by atoms with van der Waals surface area (Å²) in [6, 6.07) is 14.3. The molecule has 1 aromatic heterocycles. The highest BCUT2D eigenvalue weighted by atomic mass is 16.2. The van der Waals surface area contributed by atoms with E-state index in [9.17, 15) is 4.79 Å². The van der Waals surface area contributed by atoms with Crippen molar-refractivity contribution in [2.45, 2.75) is 33.1 Å². The Morgan fingerprint density at radius 3 is 2.59 bits per heavy atom. The van der Waals surface area contributed by atoms with Crippen LogP contribution in [0.1, 0.15) is 40.7 Å². The topological polar surface area (TPSA) is 45.2 Å². The molecule has 1 fully saturated rings. The van der Waals surface area contributed by atoms with Crippen LogP contribution in [0, 0.1) is 13.8 Å². The number of hydrogen-bond donors (Lipinski definition) is 1. The van der Waals surface area contributed by atoms with Crippen molar-refractivity contribution in [1.29, 1.82) is 0 Å². The second-order valence-corrected chi connectivity index (χ2v) is 7.37. The first-order valence-electron chi connectivity index (χ1n) is 9.65. The molecule has 4 rings (SSSR count). The predicted octanol–water partition coefficient (Wildman–Crippen LogP) is 5.22. The molecule has 0 aliphatic carbocycles. The SMILES string of the molecule is Cc1cccc(Nc2ncc(C(=O)N3CCCCC3)c3c(C)cccc23)c1. The number of amides is 1. The van der Waals surface area contributed by atoms with Gasteiger partial charge in [-0.15, -0.1) is 0 Å². The fourth-order valence-corrected chi connectivity index (χ4v) is 3.87. The standard InChI is InChI=1S/C23H25N3O/c1-16-8-6-10-18(14-16)25-22-19-11-7-9-17(2)21(19)20(15-24-22)23(27)26-12-4-3-5-13-26/h6-11,14-15H,3-5,12-13H2,1-2H3,(H,24,25). The Morgan fingerprint density at radius 1 is 1.04 bits per heavy atom. The first-order chi connectivity index (χ1) is 13.1. The molecule has 4 heteroatoms. The van der Waals surface area contributed by atoms with Crippen molar-refractivity contribution in [3.05, 3.63) is 65.4 Å². The number of piperidine rings is 1. The lowest BCUT2D eigenvalue weighted by atomic mass is 10.00. The first-order valence-corrected chi connectivity index (χ1v) is 9.65. The number of aromatic nitrogens is 1. The summed E-state index contributed by atoms with van der Waals surface area (Å²) in [4.78, 5) is 19.7. The fourth-order valence-electron chi connectivity index (χ4n) is 3.87. The molecule has 2 heterocycles. The number of fused-ring (bicyclic) bond motifs is 1. The van der Waals surface area contributed by atoms with Crippen LogP contribution in [-0.4, -0.2) is 28.9 Å². The predicted molar refractivity (Wildman–Crippen MR) is 111 cm³/mol. The van der Waals surface area contributed by atoms with Gasteiger partial charge in [-0.3, -0.25) is 4.79 Å². The molecule has 4 nitrogen and oxygen atoms in total. The van der Waals surface area contributed by atoms with Gasteiger partial charge in [0.1, 0.15) is 5.82 Å². The molecule has 2 aromatic carbocycles. The summed E-state index contributed by atoms with van der Waals surface area (Å²) < 4.78 is 0. The lowest BCUT2D eigenvalue weighted by Crippen LogP contribution is -2.35. The number of carbonyl (C=O) groups excluding carboxylic acids is 1. The van der Waals surface area contributed by atoms with Crippen molar-refractivity contribution >= 4 is 28.2 Å². The summed E-state index contributed by atoms with van der Waals surface area (Å²) in [5.41, 5.74) is 4.00. The van der Waals surface area contributed by atoms with Gasteiger partial charge in [-0.25, -0.2) is 4.98 Å². The van der Waals surface area contributed by atoms with Gasteiger partial charge < -0.3 is 10.2 Å². The zero-order valence-electron chi connectivity index (χ0n) is 16.0. The summed E-state index contributed by atoms with van der Waals surface area (Å²) in [6.45, 7) is 5.82. The highest BCUT2D eigenvalue weighted by molar-refractivity contribution is 6.10. The van der Waals surface area contributed by atoms with Crippen molar-refractivity contribution in [3.63, 3.8) is 0 Å². The fraction of sp³-hybridized carbons (Fsp3) is 0.304. The van der Waals surface area contributed by atoms with Gasteiger partial charge in [-0.2, -0.15) is 0 Å². The maximum atomic E-state index is 13.1. The van der Waals surface area contributed by atoms with E-state index in [1.807, 2.05) is 29.2 Å². The summed E-state index contributed by atoms with van der Waals surface area (Å²) in [5, 5.41) is 5.41. The molecule has 1 aliphatic rings. The number of hydrogen-bond acceptors (Lipinski definition) is 3. The zero-order chi connectivity index (χ0) is 18.8. The lowest BCUT2D eigenvalue weighted by molar-refractivity contribution is 0.0726. The second kappa shape index (κ2) is 7.39. The number of aryl methyl sites for hydroxylation is 2. The molecular weight excluding hydrogens is 334 g/mol. The van der Waals surface area contributed by atoms with Crippen molar-refractivity contribution in [2.75, 3.05) is 18.4 Å². The molecule has 0 bridgehead atoms. The minimum atomic E-state index is 0.101. The molecule has 27 heavy (non-hydrogen) atoms. The highest BCUT2D eigenvalue weighted by Gasteiger charge is 2.22. The van der Waals surface area contributed by atoms with Gasteiger partial charge in [0.25, 0.3) is 5.91 Å². The average Bonchev–Trinajstić information content (AvgIpc) is 2.69. The molecular formula is C23H25N3O. The molecule has 0 atom stereocenters. The van der Waals surface area contributed by atoms with Crippen LogP contribution in [-0.2, 0) is 0 Å². The Kier molecular flexibility index (Phi) is 4.80. The molecule has 1 N–H and O–H groups in total. The van der Waals surface area contributed by atoms with Gasteiger partial charge in [0.05, 0.1) is 5.56 Å². The number of anilines is 2. The summed E-state index contributed by atoms with van der Waals surface area (Å²) >= 11 is 0. The summed E-state index contributed by atoms with van der Waals surface area (Å²) in [6.07, 6.45) is 5.12. The molecule has 3 aromatic rings. The number of carbonyl (C=O) groups is 1. The maximum absolute atomic E-state index is 13.1. The van der Waals surface area contributed by atoms with Crippen LogP contribution in [0.4, 0.5) is 11.5 Å². The van der Waals surface area contributed by atoms with Gasteiger partial charge in [-0.1, -0.05) is 30.3 Å². The van der Waals surface area contributed by atoms with E-state index in [1.54, 1.807) is 6.20 Å².